The molecule has 1 unspecified atom stereocenters. The van der Waals surface area contributed by atoms with Crippen LogP contribution in [0.5, 0.6) is 11.8 Å². The highest BCUT2D eigenvalue weighted by Crippen LogP contribution is 2.32. The second-order valence-electron chi connectivity index (χ2n) is 5.16. The van der Waals surface area contributed by atoms with E-state index in [0.29, 0.717) is 12.0 Å². The van der Waals surface area contributed by atoms with Gasteiger partial charge in [-0.3, -0.25) is 0 Å². The number of aromatic nitrogens is 4. The average molecular weight is 328 g/mol. The minimum Gasteiger partial charge on any atom is -0.494 e. The normalized spacial score (nSPS) is 12.0. The number of hydrogen-bond acceptors (Lipinski definition) is 5. The number of methoxy groups -OCH3 is 2. The summed E-state index contributed by atoms with van der Waals surface area (Å²) in [5.41, 5.74) is 2.04. The molecule has 1 aromatic carbocycles. The molecule has 24 heavy (non-hydrogen) atoms. The highest BCUT2D eigenvalue weighted by molar-refractivity contribution is 5.37. The number of halogens is 1. The highest BCUT2D eigenvalue weighted by Gasteiger charge is 2.22. The Morgan fingerprint density at radius 3 is 2.79 bits per heavy atom. The van der Waals surface area contributed by atoms with Crippen molar-refractivity contribution in [1.29, 1.82) is 0 Å². The van der Waals surface area contributed by atoms with Gasteiger partial charge in [0.25, 0.3) is 0 Å². The van der Waals surface area contributed by atoms with Crippen LogP contribution in [0.4, 0.5) is 4.39 Å². The maximum Gasteiger partial charge on any atom is 0.316 e. The minimum absolute atomic E-state index is 0.206. The van der Waals surface area contributed by atoms with Crippen LogP contribution in [0.25, 0.3) is 0 Å². The molecular formula is C17H17FN4O2. The van der Waals surface area contributed by atoms with Gasteiger partial charge >= 0.3 is 6.01 Å². The fourth-order valence-corrected chi connectivity index (χ4v) is 2.60. The second kappa shape index (κ2) is 7.08. The van der Waals surface area contributed by atoms with E-state index in [0.717, 1.165) is 11.4 Å². The van der Waals surface area contributed by atoms with Gasteiger partial charge in [0, 0.05) is 41.7 Å². The van der Waals surface area contributed by atoms with Gasteiger partial charge in [-0.25, -0.2) is 19.3 Å². The summed E-state index contributed by atoms with van der Waals surface area (Å²) in [6.45, 7) is 0. The lowest BCUT2D eigenvalue weighted by Crippen LogP contribution is -2.10. The lowest BCUT2D eigenvalue weighted by atomic mass is 9.90. The molecule has 0 spiro atoms. The molecule has 6 nitrogen and oxygen atoms in total. The van der Waals surface area contributed by atoms with Crippen molar-refractivity contribution in [3.05, 3.63) is 65.8 Å². The maximum absolute atomic E-state index is 14.7. The molecule has 0 saturated carbocycles. The van der Waals surface area contributed by atoms with Gasteiger partial charge < -0.3 is 14.5 Å². The van der Waals surface area contributed by atoms with Crippen molar-refractivity contribution < 1.29 is 13.9 Å². The van der Waals surface area contributed by atoms with E-state index in [1.807, 2.05) is 0 Å². The number of benzene rings is 1. The van der Waals surface area contributed by atoms with Crippen LogP contribution in [0.3, 0.4) is 0 Å². The SMILES string of the molecule is COc1nccc(CC(c2cnc[nH]2)c2cccc(OC)c2F)n1. The topological polar surface area (TPSA) is 72.9 Å². The summed E-state index contributed by atoms with van der Waals surface area (Å²) in [7, 11) is 2.95. The Kier molecular flexibility index (Phi) is 4.69. The van der Waals surface area contributed by atoms with Crippen LogP contribution in [-0.4, -0.2) is 34.2 Å². The summed E-state index contributed by atoms with van der Waals surface area (Å²) in [6, 6.07) is 7.16. The van der Waals surface area contributed by atoms with Crippen molar-refractivity contribution in [2.75, 3.05) is 14.2 Å². The Bertz CT molecular complexity index is 808. The van der Waals surface area contributed by atoms with Gasteiger partial charge in [-0.05, 0) is 12.1 Å². The zero-order valence-electron chi connectivity index (χ0n) is 13.4. The third-order valence-corrected chi connectivity index (χ3v) is 3.77. The standard InChI is InChI=1S/C17H17FN4O2/c1-23-15-5-3-4-12(16(15)18)13(14-9-19-10-21-14)8-11-6-7-20-17(22-11)24-2/h3-7,9-10,13H,8H2,1-2H3,(H,19,21). The molecule has 0 fully saturated rings. The Balaban J connectivity index is 2.02. The molecule has 7 heteroatoms. The molecule has 1 N–H and O–H groups in total. The first-order valence-electron chi connectivity index (χ1n) is 7.39. The van der Waals surface area contributed by atoms with E-state index < -0.39 is 0 Å². The van der Waals surface area contributed by atoms with E-state index >= 15 is 0 Å². The van der Waals surface area contributed by atoms with Crippen molar-refractivity contribution in [2.24, 2.45) is 0 Å². The summed E-state index contributed by atoms with van der Waals surface area (Å²) in [4.78, 5) is 15.4. The number of imidazole rings is 1. The molecule has 0 amide bonds. The smallest absolute Gasteiger partial charge is 0.316 e. The summed E-state index contributed by atoms with van der Waals surface area (Å²) in [5.74, 6) is -0.472. The highest BCUT2D eigenvalue weighted by atomic mass is 19.1. The lowest BCUT2D eigenvalue weighted by Gasteiger charge is -2.17. The van der Waals surface area contributed by atoms with Crippen molar-refractivity contribution in [1.82, 2.24) is 19.9 Å². The number of nitrogens with zero attached hydrogens (tertiary/aromatic N) is 3. The average Bonchev–Trinajstić information content (AvgIpc) is 3.15. The summed E-state index contributed by atoms with van der Waals surface area (Å²) in [5, 5.41) is 0. The Labute approximate surface area is 138 Å². The fourth-order valence-electron chi connectivity index (χ4n) is 2.60. The number of ether oxygens (including phenoxy) is 2. The van der Waals surface area contributed by atoms with Crippen molar-refractivity contribution in [3.63, 3.8) is 0 Å². The van der Waals surface area contributed by atoms with Crippen LogP contribution >= 0.6 is 0 Å². The predicted molar refractivity (Wildman–Crippen MR) is 85.7 cm³/mol. The molecule has 0 bridgehead atoms. The summed E-state index contributed by atoms with van der Waals surface area (Å²) >= 11 is 0. The monoisotopic (exact) mass is 328 g/mol. The molecule has 3 rings (SSSR count). The van der Waals surface area contributed by atoms with E-state index in [9.17, 15) is 4.39 Å². The molecule has 0 aliphatic heterocycles. The number of aromatic amines is 1. The molecule has 0 aliphatic carbocycles. The molecule has 124 valence electrons. The number of H-pyrrole nitrogens is 1. The molecule has 0 radical (unpaired) electrons. The Morgan fingerprint density at radius 1 is 1.21 bits per heavy atom. The third-order valence-electron chi connectivity index (χ3n) is 3.77. The molecule has 3 aromatic rings. The van der Waals surface area contributed by atoms with E-state index in [1.54, 1.807) is 43.0 Å². The largest absolute Gasteiger partial charge is 0.494 e. The molecule has 2 aromatic heterocycles. The molecule has 0 aliphatic rings. The Morgan fingerprint density at radius 2 is 2.08 bits per heavy atom. The quantitative estimate of drug-likeness (QED) is 0.753. The van der Waals surface area contributed by atoms with Crippen LogP contribution < -0.4 is 9.47 Å². The van der Waals surface area contributed by atoms with Crippen molar-refractivity contribution in [3.8, 4) is 11.8 Å². The van der Waals surface area contributed by atoms with Gasteiger partial charge in [0.15, 0.2) is 11.6 Å². The van der Waals surface area contributed by atoms with Crippen LogP contribution in [-0.2, 0) is 6.42 Å². The first kappa shape index (κ1) is 15.9. The second-order valence-corrected chi connectivity index (χ2v) is 5.16. The van der Waals surface area contributed by atoms with E-state index in [4.69, 9.17) is 9.47 Å². The van der Waals surface area contributed by atoms with E-state index in [-0.39, 0.29) is 23.5 Å². The minimum atomic E-state index is -0.388. The maximum atomic E-state index is 14.7. The summed E-state index contributed by atoms with van der Waals surface area (Å²) < 4.78 is 24.9. The number of nitrogens with one attached hydrogen (secondary N) is 1. The van der Waals surface area contributed by atoms with E-state index in [2.05, 4.69) is 19.9 Å². The van der Waals surface area contributed by atoms with Gasteiger partial charge in [-0.2, -0.15) is 0 Å². The molecule has 1 atom stereocenters. The van der Waals surface area contributed by atoms with Gasteiger partial charge in [0.05, 0.1) is 20.5 Å². The van der Waals surface area contributed by atoms with Crippen molar-refractivity contribution >= 4 is 0 Å². The lowest BCUT2D eigenvalue weighted by molar-refractivity contribution is 0.377. The number of hydrogen-bond donors (Lipinski definition) is 1. The first-order valence-corrected chi connectivity index (χ1v) is 7.39. The summed E-state index contributed by atoms with van der Waals surface area (Å²) in [6.07, 6.45) is 5.33. The molecule has 2 heterocycles. The molecular weight excluding hydrogens is 311 g/mol. The zero-order valence-corrected chi connectivity index (χ0v) is 13.4. The fraction of sp³-hybridized carbons (Fsp3) is 0.235. The van der Waals surface area contributed by atoms with Crippen LogP contribution in [0.15, 0.2) is 43.0 Å². The molecule has 0 saturated heterocycles. The van der Waals surface area contributed by atoms with Crippen molar-refractivity contribution in [2.45, 2.75) is 12.3 Å². The van der Waals surface area contributed by atoms with Crippen LogP contribution in [0.2, 0.25) is 0 Å². The van der Waals surface area contributed by atoms with Gasteiger partial charge in [-0.15, -0.1) is 0 Å². The predicted octanol–water partition coefficient (Wildman–Crippen LogP) is 2.73. The van der Waals surface area contributed by atoms with Gasteiger partial charge in [-0.1, -0.05) is 12.1 Å². The van der Waals surface area contributed by atoms with Crippen LogP contribution in [0.1, 0.15) is 22.9 Å². The zero-order chi connectivity index (χ0) is 16.9. The first-order chi connectivity index (χ1) is 11.7. The number of rotatable bonds is 6. The third kappa shape index (κ3) is 3.19. The van der Waals surface area contributed by atoms with Gasteiger partial charge in [0.2, 0.25) is 0 Å². The Hall–Kier alpha value is -2.96. The van der Waals surface area contributed by atoms with Gasteiger partial charge in [0.1, 0.15) is 0 Å². The van der Waals surface area contributed by atoms with Crippen LogP contribution in [0, 0.1) is 5.82 Å². The van der Waals surface area contributed by atoms with E-state index in [1.165, 1.54) is 14.2 Å².